The minimum atomic E-state index is -2.98. The third-order valence-corrected chi connectivity index (χ3v) is 5.45. The minimum Gasteiger partial charge on any atom is -0.450 e. The molecule has 0 amide bonds. The van der Waals surface area contributed by atoms with Crippen molar-refractivity contribution in [2.45, 2.75) is 12.8 Å². The third-order valence-electron chi connectivity index (χ3n) is 4.31. The van der Waals surface area contributed by atoms with Gasteiger partial charge in [0.15, 0.2) is 11.4 Å². The van der Waals surface area contributed by atoms with Crippen LogP contribution in [-0.4, -0.2) is 36.9 Å². The largest absolute Gasteiger partial charge is 0.450 e. The van der Waals surface area contributed by atoms with E-state index in [-0.39, 0.29) is 11.2 Å². The van der Waals surface area contributed by atoms with Crippen molar-refractivity contribution in [2.75, 3.05) is 23.9 Å². The summed E-state index contributed by atoms with van der Waals surface area (Å²) in [5, 5.41) is 4.21. The van der Waals surface area contributed by atoms with Crippen molar-refractivity contribution in [3.8, 4) is 0 Å². The molecule has 23 heavy (non-hydrogen) atoms. The van der Waals surface area contributed by atoms with Crippen LogP contribution in [0.2, 0.25) is 0 Å². The van der Waals surface area contributed by atoms with Crippen LogP contribution in [-0.2, 0) is 9.84 Å². The van der Waals surface area contributed by atoms with E-state index >= 15 is 0 Å². The average Bonchev–Trinajstić information content (AvgIpc) is 3.13. The second kappa shape index (κ2) is 4.92. The molecule has 1 fully saturated rings. The molecule has 0 unspecified atom stereocenters. The molecule has 1 saturated carbocycles. The Labute approximate surface area is 133 Å². The van der Waals surface area contributed by atoms with Crippen molar-refractivity contribution in [2.24, 2.45) is 5.41 Å². The lowest BCUT2D eigenvalue weighted by Gasteiger charge is -2.15. The Kier molecular flexibility index (Phi) is 3.09. The molecule has 6 nitrogen and oxygen atoms in total. The lowest BCUT2D eigenvalue weighted by molar-refractivity contribution is 0.560. The van der Waals surface area contributed by atoms with Crippen LogP contribution in [0.1, 0.15) is 12.8 Å². The monoisotopic (exact) mass is 331 g/mol. The number of rotatable bonds is 5. The first kappa shape index (κ1) is 14.4. The molecule has 0 saturated heterocycles. The predicted octanol–water partition coefficient (Wildman–Crippen LogP) is 2.61. The summed E-state index contributed by atoms with van der Waals surface area (Å²) in [6.45, 7) is 0.573. The van der Waals surface area contributed by atoms with Gasteiger partial charge in [-0.05, 0) is 25.0 Å². The molecule has 1 N–H and O–H groups in total. The van der Waals surface area contributed by atoms with Gasteiger partial charge in [-0.3, -0.25) is 0 Å². The highest BCUT2D eigenvalue weighted by Gasteiger charge is 2.45. The van der Waals surface area contributed by atoms with E-state index in [1.165, 1.54) is 12.6 Å². The molecule has 0 atom stereocenters. The molecule has 4 rings (SSSR count). The third kappa shape index (κ3) is 2.76. The van der Waals surface area contributed by atoms with Crippen molar-refractivity contribution in [1.82, 2.24) is 9.97 Å². The molecule has 1 aliphatic carbocycles. The van der Waals surface area contributed by atoms with Gasteiger partial charge in [0.1, 0.15) is 27.3 Å². The van der Waals surface area contributed by atoms with Gasteiger partial charge in [-0.2, -0.15) is 0 Å². The molecular formula is C16H17N3O3S. The number of benzene rings is 1. The Morgan fingerprint density at radius 2 is 2.04 bits per heavy atom. The number of sulfone groups is 1. The summed E-state index contributed by atoms with van der Waals surface area (Å²) in [5.41, 5.74) is 1.98. The van der Waals surface area contributed by atoms with E-state index in [2.05, 4.69) is 15.3 Å². The van der Waals surface area contributed by atoms with Gasteiger partial charge in [0.2, 0.25) is 0 Å². The zero-order valence-electron chi connectivity index (χ0n) is 12.7. The maximum Gasteiger partial charge on any atom is 0.196 e. The van der Waals surface area contributed by atoms with Crippen LogP contribution in [0.3, 0.4) is 0 Å². The summed E-state index contributed by atoms with van der Waals surface area (Å²) in [6, 6.07) is 7.71. The highest BCUT2D eigenvalue weighted by atomic mass is 32.2. The van der Waals surface area contributed by atoms with Gasteiger partial charge in [-0.15, -0.1) is 0 Å². The van der Waals surface area contributed by atoms with Gasteiger partial charge < -0.3 is 9.73 Å². The fourth-order valence-corrected chi connectivity index (χ4v) is 4.53. The van der Waals surface area contributed by atoms with E-state index in [9.17, 15) is 8.42 Å². The standard InChI is InChI=1S/C16H17N3O3S/c1-23(20,21)9-16(6-7-16)8-17-15-14-13(18-10-19-15)11-4-2-3-5-12(11)22-14/h2-5,10H,6-9H2,1H3,(H,17,18,19). The Morgan fingerprint density at radius 3 is 2.78 bits per heavy atom. The molecular weight excluding hydrogens is 314 g/mol. The highest BCUT2D eigenvalue weighted by molar-refractivity contribution is 7.90. The first-order valence-electron chi connectivity index (χ1n) is 7.50. The van der Waals surface area contributed by atoms with E-state index in [1.54, 1.807) is 0 Å². The maximum absolute atomic E-state index is 11.6. The van der Waals surface area contributed by atoms with Gasteiger partial charge in [-0.1, -0.05) is 12.1 Å². The van der Waals surface area contributed by atoms with Gasteiger partial charge in [-0.25, -0.2) is 18.4 Å². The predicted molar refractivity (Wildman–Crippen MR) is 89.2 cm³/mol. The summed E-state index contributed by atoms with van der Waals surface area (Å²) in [4.78, 5) is 8.57. The number of nitrogens with one attached hydrogen (secondary N) is 1. The molecule has 0 aliphatic heterocycles. The molecule has 0 spiro atoms. The van der Waals surface area contributed by atoms with Gasteiger partial charge >= 0.3 is 0 Å². The lowest BCUT2D eigenvalue weighted by atomic mass is 10.1. The molecule has 1 aliphatic rings. The molecule has 3 aromatic rings. The number of hydrogen-bond donors (Lipinski definition) is 1. The quantitative estimate of drug-likeness (QED) is 0.773. The summed E-state index contributed by atoms with van der Waals surface area (Å²) in [6.07, 6.45) is 4.63. The van der Waals surface area contributed by atoms with Crippen LogP contribution in [0.4, 0.5) is 5.82 Å². The Bertz CT molecular complexity index is 990. The number of fused-ring (bicyclic) bond motifs is 3. The van der Waals surface area contributed by atoms with Crippen LogP contribution < -0.4 is 5.32 Å². The van der Waals surface area contributed by atoms with Gasteiger partial charge in [0.25, 0.3) is 0 Å². The fourth-order valence-electron chi connectivity index (χ4n) is 3.03. The number of aromatic nitrogens is 2. The number of furan rings is 1. The minimum absolute atomic E-state index is 0.170. The summed E-state index contributed by atoms with van der Waals surface area (Å²) in [5.74, 6) is 0.826. The second-order valence-corrected chi connectivity index (χ2v) is 8.56. The highest BCUT2D eigenvalue weighted by Crippen LogP contribution is 2.46. The van der Waals surface area contributed by atoms with Crippen LogP contribution in [0.15, 0.2) is 35.0 Å². The van der Waals surface area contributed by atoms with E-state index in [1.807, 2.05) is 24.3 Å². The summed E-state index contributed by atoms with van der Waals surface area (Å²) < 4.78 is 29.0. The number of anilines is 1. The summed E-state index contributed by atoms with van der Waals surface area (Å²) in [7, 11) is -2.98. The Balaban J connectivity index is 1.65. The van der Waals surface area contributed by atoms with E-state index in [0.29, 0.717) is 17.9 Å². The lowest BCUT2D eigenvalue weighted by Crippen LogP contribution is -2.24. The zero-order valence-corrected chi connectivity index (χ0v) is 13.6. The first-order chi connectivity index (χ1) is 11.0. The van der Waals surface area contributed by atoms with Gasteiger partial charge in [0.05, 0.1) is 5.75 Å². The SMILES string of the molecule is CS(=O)(=O)CC1(CNc2ncnc3c2oc2ccccc23)CC1. The van der Waals surface area contributed by atoms with Crippen LogP contribution in [0.25, 0.3) is 22.1 Å². The molecule has 0 bridgehead atoms. The van der Waals surface area contributed by atoms with Crippen LogP contribution >= 0.6 is 0 Å². The molecule has 0 radical (unpaired) electrons. The normalized spacial score (nSPS) is 16.7. The van der Waals surface area contributed by atoms with Crippen LogP contribution in [0.5, 0.6) is 0 Å². The van der Waals surface area contributed by atoms with Crippen molar-refractivity contribution >= 4 is 37.7 Å². The smallest absolute Gasteiger partial charge is 0.196 e. The Morgan fingerprint density at radius 1 is 1.26 bits per heavy atom. The fraction of sp³-hybridized carbons (Fsp3) is 0.375. The van der Waals surface area contributed by atoms with Crippen molar-refractivity contribution in [3.05, 3.63) is 30.6 Å². The van der Waals surface area contributed by atoms with Crippen molar-refractivity contribution in [3.63, 3.8) is 0 Å². The number of hydrogen-bond acceptors (Lipinski definition) is 6. The molecule has 2 aromatic heterocycles. The van der Waals surface area contributed by atoms with Gasteiger partial charge in [0, 0.05) is 23.6 Å². The molecule has 1 aromatic carbocycles. The summed E-state index contributed by atoms with van der Waals surface area (Å²) >= 11 is 0. The Hall–Kier alpha value is -2.15. The number of para-hydroxylation sites is 1. The van der Waals surface area contributed by atoms with Crippen LogP contribution in [0, 0.1) is 5.41 Å². The van der Waals surface area contributed by atoms with Crippen molar-refractivity contribution in [1.29, 1.82) is 0 Å². The average molecular weight is 331 g/mol. The maximum atomic E-state index is 11.6. The molecule has 2 heterocycles. The number of nitrogens with zero attached hydrogens (tertiary/aromatic N) is 2. The van der Waals surface area contributed by atoms with E-state index in [0.717, 1.165) is 29.3 Å². The van der Waals surface area contributed by atoms with E-state index in [4.69, 9.17) is 4.42 Å². The molecule has 120 valence electrons. The molecule has 7 heteroatoms. The zero-order chi connectivity index (χ0) is 16.1. The van der Waals surface area contributed by atoms with E-state index < -0.39 is 9.84 Å². The van der Waals surface area contributed by atoms with Crippen molar-refractivity contribution < 1.29 is 12.8 Å². The second-order valence-electron chi connectivity index (χ2n) is 6.42. The first-order valence-corrected chi connectivity index (χ1v) is 9.56. The topological polar surface area (TPSA) is 85.1 Å².